The molecule has 5 nitrogen and oxygen atoms in total. The zero-order valence-corrected chi connectivity index (χ0v) is 14.3. The molecule has 0 spiro atoms. The van der Waals surface area contributed by atoms with E-state index >= 15 is 0 Å². The highest BCUT2D eigenvalue weighted by atomic mass is 32.2. The molecule has 2 aromatic heterocycles. The second-order valence-electron chi connectivity index (χ2n) is 4.97. The Morgan fingerprint density at radius 3 is 2.96 bits per heavy atom. The van der Waals surface area contributed by atoms with Crippen molar-refractivity contribution in [2.45, 2.75) is 17.7 Å². The number of carbonyl (C=O) groups is 1. The highest BCUT2D eigenvalue weighted by molar-refractivity contribution is 8.01. The number of hydrogen-bond donors (Lipinski definition) is 1. The summed E-state index contributed by atoms with van der Waals surface area (Å²) >= 11 is 2.92. The monoisotopic (exact) mass is 344 g/mol. The van der Waals surface area contributed by atoms with Gasteiger partial charge in [0.05, 0.1) is 11.3 Å². The average molecular weight is 344 g/mol. The van der Waals surface area contributed by atoms with Gasteiger partial charge in [-0.1, -0.05) is 47.4 Å². The summed E-state index contributed by atoms with van der Waals surface area (Å²) in [5.41, 5.74) is 2.15. The molecule has 0 atom stereocenters. The molecule has 0 saturated heterocycles. The van der Waals surface area contributed by atoms with Crippen LogP contribution >= 0.6 is 23.1 Å². The molecule has 0 aliphatic rings. The predicted octanol–water partition coefficient (Wildman–Crippen LogP) is 2.85. The van der Waals surface area contributed by atoms with Gasteiger partial charge in [0, 0.05) is 18.1 Å². The highest BCUT2D eigenvalue weighted by Crippen LogP contribution is 2.21. The van der Waals surface area contributed by atoms with Gasteiger partial charge in [0.15, 0.2) is 4.34 Å². The SMILES string of the molecule is Cc1nnc(SCC(=O)NCCc2cccc3cccnc23)s1. The first kappa shape index (κ1) is 15.9. The van der Waals surface area contributed by atoms with Crippen molar-refractivity contribution in [3.63, 3.8) is 0 Å². The maximum Gasteiger partial charge on any atom is 0.230 e. The van der Waals surface area contributed by atoms with E-state index < -0.39 is 0 Å². The fraction of sp³-hybridized carbons (Fsp3) is 0.250. The Labute approximate surface area is 142 Å². The number of carbonyl (C=O) groups excluding carboxylic acids is 1. The minimum Gasteiger partial charge on any atom is -0.355 e. The zero-order valence-electron chi connectivity index (χ0n) is 12.7. The first-order valence-electron chi connectivity index (χ1n) is 7.24. The van der Waals surface area contributed by atoms with Crippen molar-refractivity contribution in [2.24, 2.45) is 0 Å². The second-order valence-corrected chi connectivity index (χ2v) is 7.37. The molecule has 0 bridgehead atoms. The Morgan fingerprint density at radius 2 is 2.13 bits per heavy atom. The molecule has 23 heavy (non-hydrogen) atoms. The van der Waals surface area contributed by atoms with Crippen LogP contribution in [0.15, 0.2) is 40.9 Å². The Kier molecular flexibility index (Phi) is 5.19. The van der Waals surface area contributed by atoms with Crippen LogP contribution in [0.1, 0.15) is 10.6 Å². The number of pyridine rings is 1. The lowest BCUT2D eigenvalue weighted by Crippen LogP contribution is -2.27. The van der Waals surface area contributed by atoms with Crippen molar-refractivity contribution in [1.82, 2.24) is 20.5 Å². The van der Waals surface area contributed by atoms with Crippen molar-refractivity contribution in [1.29, 1.82) is 0 Å². The summed E-state index contributed by atoms with van der Waals surface area (Å²) in [6.45, 7) is 2.50. The van der Waals surface area contributed by atoms with Gasteiger partial charge in [0.25, 0.3) is 0 Å². The van der Waals surface area contributed by atoms with Gasteiger partial charge in [-0.3, -0.25) is 9.78 Å². The number of nitrogens with zero attached hydrogens (tertiary/aromatic N) is 3. The first-order chi connectivity index (χ1) is 11.2. The van der Waals surface area contributed by atoms with Crippen molar-refractivity contribution in [3.8, 4) is 0 Å². The topological polar surface area (TPSA) is 67.8 Å². The number of nitrogens with one attached hydrogen (secondary N) is 1. The fourth-order valence-corrected chi connectivity index (χ4v) is 3.87. The van der Waals surface area contributed by atoms with E-state index in [1.807, 2.05) is 31.2 Å². The van der Waals surface area contributed by atoms with Crippen LogP contribution < -0.4 is 5.32 Å². The molecular formula is C16H16N4OS2. The Morgan fingerprint density at radius 1 is 1.26 bits per heavy atom. The van der Waals surface area contributed by atoms with Gasteiger partial charge >= 0.3 is 0 Å². The largest absolute Gasteiger partial charge is 0.355 e. The number of rotatable bonds is 6. The van der Waals surface area contributed by atoms with Gasteiger partial charge in [-0.2, -0.15) is 0 Å². The molecule has 0 aliphatic heterocycles. The lowest BCUT2D eigenvalue weighted by atomic mass is 10.1. The Bertz CT molecular complexity index is 813. The van der Waals surface area contributed by atoms with Gasteiger partial charge in [0.2, 0.25) is 5.91 Å². The average Bonchev–Trinajstić information content (AvgIpc) is 2.99. The van der Waals surface area contributed by atoms with Crippen LogP contribution in [0.4, 0.5) is 0 Å². The molecule has 0 unspecified atom stereocenters. The number of benzene rings is 1. The van der Waals surface area contributed by atoms with Crippen LogP contribution in [0.2, 0.25) is 0 Å². The number of aromatic nitrogens is 3. The third kappa shape index (κ3) is 4.27. The third-order valence-electron chi connectivity index (χ3n) is 3.27. The van der Waals surface area contributed by atoms with Gasteiger partial charge in [-0.05, 0) is 25.0 Å². The van der Waals surface area contributed by atoms with E-state index in [1.165, 1.54) is 23.1 Å². The van der Waals surface area contributed by atoms with Crippen LogP contribution in [0.25, 0.3) is 10.9 Å². The quantitative estimate of drug-likeness (QED) is 0.697. The molecule has 118 valence electrons. The summed E-state index contributed by atoms with van der Waals surface area (Å²) in [6.07, 6.45) is 2.56. The lowest BCUT2D eigenvalue weighted by Gasteiger charge is -2.07. The van der Waals surface area contributed by atoms with E-state index in [2.05, 4.69) is 26.6 Å². The Hall–Kier alpha value is -1.99. The van der Waals surface area contributed by atoms with Crippen LogP contribution in [0, 0.1) is 6.92 Å². The molecular weight excluding hydrogens is 328 g/mol. The Balaban J connectivity index is 1.49. The summed E-state index contributed by atoms with van der Waals surface area (Å²) < 4.78 is 0.830. The summed E-state index contributed by atoms with van der Waals surface area (Å²) in [5, 5.41) is 12.9. The van der Waals surface area contributed by atoms with E-state index in [1.54, 1.807) is 6.20 Å². The van der Waals surface area contributed by atoms with Gasteiger partial charge in [-0.25, -0.2) is 0 Å². The molecule has 0 radical (unpaired) electrons. The fourth-order valence-electron chi connectivity index (χ4n) is 2.22. The predicted molar refractivity (Wildman–Crippen MR) is 93.8 cm³/mol. The number of fused-ring (bicyclic) bond motifs is 1. The molecule has 1 aromatic carbocycles. The number of hydrogen-bond acceptors (Lipinski definition) is 6. The van der Waals surface area contributed by atoms with Crippen molar-refractivity contribution >= 4 is 39.9 Å². The van der Waals surface area contributed by atoms with E-state index in [0.717, 1.165) is 32.2 Å². The minimum absolute atomic E-state index is 0.0102. The van der Waals surface area contributed by atoms with Gasteiger partial charge in [0.1, 0.15) is 5.01 Å². The van der Waals surface area contributed by atoms with Crippen molar-refractivity contribution in [2.75, 3.05) is 12.3 Å². The molecule has 2 heterocycles. The van der Waals surface area contributed by atoms with Gasteiger partial charge in [-0.15, -0.1) is 10.2 Å². The molecule has 0 aliphatic carbocycles. The van der Waals surface area contributed by atoms with Crippen molar-refractivity contribution in [3.05, 3.63) is 47.1 Å². The zero-order chi connectivity index (χ0) is 16.1. The number of amides is 1. The van der Waals surface area contributed by atoms with Crippen LogP contribution in [0.3, 0.4) is 0 Å². The van der Waals surface area contributed by atoms with E-state index in [9.17, 15) is 4.79 Å². The smallest absolute Gasteiger partial charge is 0.230 e. The molecule has 0 saturated carbocycles. The van der Waals surface area contributed by atoms with E-state index in [4.69, 9.17) is 0 Å². The molecule has 3 rings (SSSR count). The molecule has 3 aromatic rings. The summed E-state index contributed by atoms with van der Waals surface area (Å²) in [6, 6.07) is 10.1. The summed E-state index contributed by atoms with van der Waals surface area (Å²) in [4.78, 5) is 16.3. The third-order valence-corrected chi connectivity index (χ3v) is 5.24. The standard InChI is InChI=1S/C16H16N4OS2/c1-11-19-20-16(23-11)22-10-14(21)17-9-7-13-5-2-4-12-6-3-8-18-15(12)13/h2-6,8H,7,9-10H2,1H3,(H,17,21). The molecule has 1 amide bonds. The normalized spacial score (nSPS) is 10.8. The molecule has 7 heteroatoms. The van der Waals surface area contributed by atoms with E-state index in [-0.39, 0.29) is 5.91 Å². The number of thioether (sulfide) groups is 1. The van der Waals surface area contributed by atoms with Crippen LogP contribution in [-0.4, -0.2) is 33.4 Å². The maximum atomic E-state index is 11.9. The first-order valence-corrected chi connectivity index (χ1v) is 9.05. The lowest BCUT2D eigenvalue weighted by molar-refractivity contribution is -0.118. The van der Waals surface area contributed by atoms with Crippen LogP contribution in [-0.2, 0) is 11.2 Å². The van der Waals surface area contributed by atoms with E-state index in [0.29, 0.717) is 12.3 Å². The maximum absolute atomic E-state index is 11.9. The highest BCUT2D eigenvalue weighted by Gasteiger charge is 2.07. The van der Waals surface area contributed by atoms with Gasteiger partial charge < -0.3 is 5.32 Å². The second kappa shape index (κ2) is 7.52. The van der Waals surface area contributed by atoms with Crippen LogP contribution in [0.5, 0.6) is 0 Å². The molecule has 0 fully saturated rings. The minimum atomic E-state index is 0.0102. The number of para-hydroxylation sites is 1. The number of aryl methyl sites for hydroxylation is 1. The molecule has 1 N–H and O–H groups in total. The summed E-state index contributed by atoms with van der Waals surface area (Å²) in [7, 11) is 0. The van der Waals surface area contributed by atoms with Crippen molar-refractivity contribution < 1.29 is 4.79 Å². The summed E-state index contributed by atoms with van der Waals surface area (Å²) in [5.74, 6) is 0.374.